The molecule has 1 rings (SSSR count). The van der Waals surface area contributed by atoms with Crippen LogP contribution >= 0.6 is 0 Å². The van der Waals surface area contributed by atoms with E-state index in [1.807, 2.05) is 13.8 Å². The molecule has 7 nitrogen and oxygen atoms in total. The van der Waals surface area contributed by atoms with Gasteiger partial charge < -0.3 is 10.8 Å². The Hall–Kier alpha value is -0.700. The Labute approximate surface area is 101 Å². The van der Waals surface area contributed by atoms with Crippen LogP contribution in [-0.2, 0) is 15.0 Å². The fourth-order valence-corrected chi connectivity index (χ4v) is 3.00. The van der Waals surface area contributed by atoms with E-state index in [1.54, 1.807) is 0 Å². The Balaban J connectivity index is 2.67. The number of aliphatic carboxylic acids is 1. The molecule has 17 heavy (non-hydrogen) atoms. The van der Waals surface area contributed by atoms with Crippen LogP contribution in [0.15, 0.2) is 0 Å². The van der Waals surface area contributed by atoms with Gasteiger partial charge in [0.2, 0.25) is 0 Å². The number of carboxylic acid groups (broad SMARTS) is 1. The molecule has 0 amide bonds. The molecule has 0 saturated carbocycles. The van der Waals surface area contributed by atoms with E-state index in [-0.39, 0.29) is 25.4 Å². The van der Waals surface area contributed by atoms with Crippen molar-refractivity contribution < 1.29 is 18.3 Å². The van der Waals surface area contributed by atoms with E-state index in [0.29, 0.717) is 6.54 Å². The summed E-state index contributed by atoms with van der Waals surface area (Å²) in [4.78, 5) is 10.9. The molecule has 1 aliphatic rings. The van der Waals surface area contributed by atoms with Crippen molar-refractivity contribution in [2.45, 2.75) is 25.8 Å². The Morgan fingerprint density at radius 3 is 2.59 bits per heavy atom. The van der Waals surface area contributed by atoms with E-state index in [2.05, 4.69) is 4.72 Å². The smallest absolute Gasteiger partial charge is 0.325 e. The molecule has 0 aromatic heterocycles. The molecule has 1 atom stereocenters. The van der Waals surface area contributed by atoms with Crippen molar-refractivity contribution in [3.05, 3.63) is 0 Å². The zero-order valence-corrected chi connectivity index (χ0v) is 10.8. The van der Waals surface area contributed by atoms with Gasteiger partial charge in [-0.15, -0.1) is 0 Å². The third kappa shape index (κ3) is 3.38. The van der Waals surface area contributed by atoms with Crippen LogP contribution in [0.2, 0.25) is 0 Å². The lowest BCUT2D eigenvalue weighted by Gasteiger charge is -2.20. The summed E-state index contributed by atoms with van der Waals surface area (Å²) in [5.41, 5.74) is 4.15. The summed E-state index contributed by atoms with van der Waals surface area (Å²) in [7, 11) is -3.62. The highest BCUT2D eigenvalue weighted by molar-refractivity contribution is 7.87. The maximum Gasteiger partial charge on any atom is 0.325 e. The zero-order chi connectivity index (χ0) is 13.3. The normalized spacial score (nSPS) is 26.6. The largest absolute Gasteiger partial charge is 0.480 e. The van der Waals surface area contributed by atoms with Crippen molar-refractivity contribution in [2.24, 2.45) is 11.7 Å². The summed E-state index contributed by atoms with van der Waals surface area (Å²) in [6.07, 6.45) is 0.130. The van der Waals surface area contributed by atoms with E-state index < -0.39 is 21.7 Å². The van der Waals surface area contributed by atoms with Crippen molar-refractivity contribution in [3.63, 3.8) is 0 Å². The van der Waals surface area contributed by atoms with E-state index in [0.717, 1.165) is 4.31 Å². The van der Waals surface area contributed by atoms with Gasteiger partial charge in [-0.1, -0.05) is 13.8 Å². The minimum absolute atomic E-state index is 0.130. The number of hydrogen-bond donors (Lipinski definition) is 3. The van der Waals surface area contributed by atoms with Gasteiger partial charge in [0.15, 0.2) is 0 Å². The van der Waals surface area contributed by atoms with Crippen molar-refractivity contribution in [3.8, 4) is 0 Å². The number of carboxylic acids is 1. The van der Waals surface area contributed by atoms with Gasteiger partial charge in [0.1, 0.15) is 5.54 Å². The minimum atomic E-state index is -3.62. The molecular formula is C9H19N3O4S. The minimum Gasteiger partial charge on any atom is -0.480 e. The van der Waals surface area contributed by atoms with Crippen LogP contribution in [0.4, 0.5) is 0 Å². The van der Waals surface area contributed by atoms with Crippen LogP contribution in [0.5, 0.6) is 0 Å². The number of nitrogens with one attached hydrogen (secondary N) is 1. The second-order valence-electron chi connectivity index (χ2n) is 4.79. The van der Waals surface area contributed by atoms with Crippen molar-refractivity contribution in [1.29, 1.82) is 0 Å². The van der Waals surface area contributed by atoms with E-state index in [4.69, 9.17) is 10.8 Å². The fraction of sp³-hybridized carbons (Fsp3) is 0.889. The Bertz CT molecular complexity index is 395. The third-order valence-electron chi connectivity index (χ3n) is 2.71. The molecule has 8 heteroatoms. The van der Waals surface area contributed by atoms with Crippen LogP contribution in [0.3, 0.4) is 0 Å². The molecule has 0 aromatic carbocycles. The molecule has 0 aromatic rings. The first-order valence-electron chi connectivity index (χ1n) is 5.44. The predicted octanol–water partition coefficient (Wildman–Crippen LogP) is -1.04. The highest BCUT2D eigenvalue weighted by atomic mass is 32.2. The number of rotatable bonds is 5. The predicted molar refractivity (Wildman–Crippen MR) is 62.5 cm³/mol. The van der Waals surface area contributed by atoms with Crippen molar-refractivity contribution in [2.75, 3.05) is 19.6 Å². The topological polar surface area (TPSA) is 113 Å². The molecule has 100 valence electrons. The molecule has 0 bridgehead atoms. The molecule has 1 unspecified atom stereocenters. The summed E-state index contributed by atoms with van der Waals surface area (Å²) in [5, 5.41) is 8.91. The summed E-state index contributed by atoms with van der Waals surface area (Å²) >= 11 is 0. The Morgan fingerprint density at radius 1 is 1.59 bits per heavy atom. The van der Waals surface area contributed by atoms with Crippen molar-refractivity contribution >= 4 is 16.2 Å². The van der Waals surface area contributed by atoms with Crippen LogP contribution < -0.4 is 10.5 Å². The van der Waals surface area contributed by atoms with Crippen LogP contribution in [0.1, 0.15) is 20.3 Å². The van der Waals surface area contributed by atoms with Gasteiger partial charge in [-0.05, 0) is 12.3 Å². The van der Waals surface area contributed by atoms with Crippen LogP contribution in [0.25, 0.3) is 0 Å². The second-order valence-corrected chi connectivity index (χ2v) is 6.55. The standard InChI is InChI=1S/C9H19N3O4S/c1-7(2)5-11-17(15,16)12-4-3-9(10,6-12)8(13)14/h7,11H,3-6,10H2,1-2H3,(H,13,14). The number of hydrogen-bond acceptors (Lipinski definition) is 4. The summed E-state index contributed by atoms with van der Waals surface area (Å²) in [5.74, 6) is -0.978. The third-order valence-corrected chi connectivity index (χ3v) is 4.23. The van der Waals surface area contributed by atoms with Gasteiger partial charge in [0.05, 0.1) is 0 Å². The molecule has 0 aliphatic carbocycles. The number of carbonyl (C=O) groups is 1. The molecule has 1 fully saturated rings. The Morgan fingerprint density at radius 2 is 2.18 bits per heavy atom. The number of nitrogens with zero attached hydrogens (tertiary/aromatic N) is 1. The second kappa shape index (κ2) is 4.89. The first-order valence-corrected chi connectivity index (χ1v) is 6.88. The van der Waals surface area contributed by atoms with Gasteiger partial charge in [0.25, 0.3) is 10.2 Å². The number of nitrogens with two attached hydrogens (primary N) is 1. The van der Waals surface area contributed by atoms with E-state index in [9.17, 15) is 13.2 Å². The van der Waals surface area contributed by atoms with E-state index in [1.165, 1.54) is 0 Å². The molecule has 4 N–H and O–H groups in total. The first-order chi connectivity index (χ1) is 7.67. The van der Waals surface area contributed by atoms with Gasteiger partial charge in [-0.25, -0.2) is 4.72 Å². The molecule has 0 spiro atoms. The maximum absolute atomic E-state index is 11.8. The summed E-state index contributed by atoms with van der Waals surface area (Å²) < 4.78 is 27.1. The Kier molecular flexibility index (Phi) is 4.13. The summed E-state index contributed by atoms with van der Waals surface area (Å²) in [6, 6.07) is 0. The van der Waals surface area contributed by atoms with Crippen LogP contribution in [0, 0.1) is 5.92 Å². The lowest BCUT2D eigenvalue weighted by Crippen LogP contribution is -2.51. The van der Waals surface area contributed by atoms with Gasteiger partial charge in [0, 0.05) is 19.6 Å². The average Bonchev–Trinajstić information content (AvgIpc) is 2.60. The lowest BCUT2D eigenvalue weighted by molar-refractivity contribution is -0.142. The zero-order valence-electron chi connectivity index (χ0n) is 10.0. The summed E-state index contributed by atoms with van der Waals surface area (Å²) in [6.45, 7) is 4.05. The van der Waals surface area contributed by atoms with Gasteiger partial charge in [-0.2, -0.15) is 12.7 Å². The van der Waals surface area contributed by atoms with Gasteiger partial charge >= 0.3 is 5.97 Å². The SMILES string of the molecule is CC(C)CNS(=O)(=O)N1CCC(N)(C(=O)O)C1. The fourth-order valence-electron chi connectivity index (χ4n) is 1.54. The molecular weight excluding hydrogens is 246 g/mol. The average molecular weight is 265 g/mol. The first kappa shape index (κ1) is 14.4. The molecule has 1 aliphatic heterocycles. The van der Waals surface area contributed by atoms with Crippen molar-refractivity contribution in [1.82, 2.24) is 9.03 Å². The quantitative estimate of drug-likeness (QED) is 0.588. The van der Waals surface area contributed by atoms with Crippen LogP contribution in [-0.4, -0.2) is 49.0 Å². The monoisotopic (exact) mass is 265 g/mol. The molecule has 1 heterocycles. The maximum atomic E-state index is 11.8. The molecule has 1 saturated heterocycles. The highest BCUT2D eigenvalue weighted by Crippen LogP contribution is 2.21. The highest BCUT2D eigenvalue weighted by Gasteiger charge is 2.45. The van der Waals surface area contributed by atoms with E-state index >= 15 is 0 Å². The lowest BCUT2D eigenvalue weighted by atomic mass is 10.0. The molecule has 0 radical (unpaired) electrons. The van der Waals surface area contributed by atoms with Gasteiger partial charge in [-0.3, -0.25) is 4.79 Å².